The summed E-state index contributed by atoms with van der Waals surface area (Å²) in [7, 11) is -4.35. The van der Waals surface area contributed by atoms with Gasteiger partial charge in [0.15, 0.2) is 11.5 Å². The van der Waals surface area contributed by atoms with E-state index < -0.39 is 34.3 Å². The Balaban J connectivity index is 1.48. The summed E-state index contributed by atoms with van der Waals surface area (Å²) in [6.07, 6.45) is 3.85. The van der Waals surface area contributed by atoms with Gasteiger partial charge in [-0.3, -0.25) is 13.9 Å². The van der Waals surface area contributed by atoms with Crippen LogP contribution in [0.5, 0.6) is 11.5 Å². The van der Waals surface area contributed by atoms with E-state index in [0.29, 0.717) is 12.4 Å². The maximum atomic E-state index is 14.1. The fourth-order valence-corrected chi connectivity index (χ4v) is 6.86. The maximum absolute atomic E-state index is 14.1. The van der Waals surface area contributed by atoms with Crippen molar-refractivity contribution in [1.29, 1.82) is 0 Å². The average molecular weight is 610 g/mol. The summed E-state index contributed by atoms with van der Waals surface area (Å²) < 4.78 is 54.1. The Labute approximate surface area is 251 Å². The van der Waals surface area contributed by atoms with Crippen LogP contribution in [0.1, 0.15) is 43.7 Å². The minimum atomic E-state index is -4.35. The zero-order chi connectivity index (χ0) is 30.6. The number of amides is 2. The van der Waals surface area contributed by atoms with Crippen LogP contribution in [0.3, 0.4) is 0 Å². The number of anilines is 1. The molecule has 1 atom stereocenters. The lowest BCUT2D eigenvalue weighted by molar-refractivity contribution is -0.139. The molecule has 1 saturated carbocycles. The molecule has 1 aliphatic carbocycles. The van der Waals surface area contributed by atoms with Crippen molar-refractivity contribution in [1.82, 2.24) is 10.2 Å². The smallest absolute Gasteiger partial charge is 0.264 e. The first-order valence-electron chi connectivity index (χ1n) is 14.4. The van der Waals surface area contributed by atoms with Crippen molar-refractivity contribution >= 4 is 27.5 Å². The van der Waals surface area contributed by atoms with Gasteiger partial charge in [-0.2, -0.15) is 0 Å². The Morgan fingerprint density at radius 2 is 1.67 bits per heavy atom. The number of ether oxygens (including phenoxy) is 2. The summed E-state index contributed by atoms with van der Waals surface area (Å²) in [6.45, 7) is 3.68. The molecule has 5 rings (SSSR count). The van der Waals surface area contributed by atoms with Crippen LogP contribution in [0.2, 0.25) is 0 Å². The lowest BCUT2D eigenvalue weighted by atomic mass is 10.1. The number of fused-ring (bicyclic) bond motifs is 1. The van der Waals surface area contributed by atoms with Crippen molar-refractivity contribution in [3.05, 3.63) is 83.7 Å². The molecule has 1 heterocycles. The van der Waals surface area contributed by atoms with Crippen LogP contribution in [-0.2, 0) is 26.2 Å². The van der Waals surface area contributed by atoms with Crippen molar-refractivity contribution in [2.75, 3.05) is 24.1 Å². The van der Waals surface area contributed by atoms with Crippen molar-refractivity contribution in [2.24, 2.45) is 0 Å². The standard InChI is InChI=1S/C32H36FN3O6S/c1-22-6-5-7-24(18-22)20-35(23(2)32(38)34-26-8-3-4-9-26)31(37)21-36(27-12-10-25(33)11-13-27)43(39,40)28-14-15-29-30(19-28)42-17-16-41-29/h5-7,10-15,18-19,23,26H,3-4,8-9,16-17,20-21H2,1-2H3,(H,34,38)/t23-/m1/s1. The van der Waals surface area contributed by atoms with Gasteiger partial charge in [0.25, 0.3) is 10.0 Å². The van der Waals surface area contributed by atoms with Gasteiger partial charge in [-0.25, -0.2) is 12.8 Å². The molecular weight excluding hydrogens is 573 g/mol. The van der Waals surface area contributed by atoms with Crippen LogP contribution in [0, 0.1) is 12.7 Å². The zero-order valence-corrected chi connectivity index (χ0v) is 25.1. The molecule has 1 N–H and O–H groups in total. The number of rotatable bonds is 10. The number of hydrogen-bond donors (Lipinski definition) is 1. The molecule has 2 aliphatic rings. The average Bonchev–Trinajstić information content (AvgIpc) is 3.51. The zero-order valence-electron chi connectivity index (χ0n) is 24.3. The highest BCUT2D eigenvalue weighted by molar-refractivity contribution is 7.92. The highest BCUT2D eigenvalue weighted by atomic mass is 32.2. The Hall–Kier alpha value is -4.12. The van der Waals surface area contributed by atoms with Gasteiger partial charge in [-0.05, 0) is 68.7 Å². The van der Waals surface area contributed by atoms with E-state index >= 15 is 0 Å². The van der Waals surface area contributed by atoms with Crippen LogP contribution >= 0.6 is 0 Å². The number of sulfonamides is 1. The normalized spacial score (nSPS) is 15.5. The first-order valence-corrected chi connectivity index (χ1v) is 15.9. The van der Waals surface area contributed by atoms with E-state index in [1.54, 1.807) is 6.92 Å². The summed E-state index contributed by atoms with van der Waals surface area (Å²) in [6, 6.07) is 15.9. The minimum absolute atomic E-state index is 0.0529. The molecule has 0 aromatic heterocycles. The molecule has 0 spiro atoms. The van der Waals surface area contributed by atoms with Crippen LogP contribution < -0.4 is 19.1 Å². The van der Waals surface area contributed by atoms with E-state index in [9.17, 15) is 22.4 Å². The first-order chi connectivity index (χ1) is 20.6. The van der Waals surface area contributed by atoms with Gasteiger partial charge in [0.1, 0.15) is 31.6 Å². The number of carbonyl (C=O) groups excluding carboxylic acids is 2. The first kappa shape index (κ1) is 30.3. The minimum Gasteiger partial charge on any atom is -0.486 e. The third-order valence-corrected chi connectivity index (χ3v) is 9.57. The summed E-state index contributed by atoms with van der Waals surface area (Å²) in [5, 5.41) is 3.06. The second kappa shape index (κ2) is 13.0. The van der Waals surface area contributed by atoms with Gasteiger partial charge < -0.3 is 19.7 Å². The quantitative estimate of drug-likeness (QED) is 0.361. The number of hydrogen-bond acceptors (Lipinski definition) is 6. The molecule has 3 aromatic carbocycles. The number of halogens is 1. The number of carbonyl (C=O) groups is 2. The number of benzene rings is 3. The third kappa shape index (κ3) is 7.10. The molecule has 0 unspecified atom stereocenters. The predicted octanol–water partition coefficient (Wildman–Crippen LogP) is 4.58. The molecule has 11 heteroatoms. The molecule has 2 amide bonds. The van der Waals surface area contributed by atoms with Crippen molar-refractivity contribution in [3.63, 3.8) is 0 Å². The summed E-state index contributed by atoms with van der Waals surface area (Å²) in [5.74, 6) is -0.737. The Morgan fingerprint density at radius 3 is 2.37 bits per heavy atom. The maximum Gasteiger partial charge on any atom is 0.264 e. The second-order valence-electron chi connectivity index (χ2n) is 11.0. The summed E-state index contributed by atoms with van der Waals surface area (Å²) >= 11 is 0. The molecule has 0 radical (unpaired) electrons. The fraction of sp³-hybridized carbons (Fsp3) is 0.375. The lowest BCUT2D eigenvalue weighted by Gasteiger charge is -2.32. The van der Waals surface area contributed by atoms with Gasteiger partial charge in [0.05, 0.1) is 10.6 Å². The SMILES string of the molecule is Cc1cccc(CN(C(=O)CN(c2ccc(F)cc2)S(=O)(=O)c2ccc3c(c2)OCCO3)[C@H](C)C(=O)NC2CCCC2)c1. The molecule has 228 valence electrons. The van der Waals surface area contributed by atoms with Crippen LogP contribution in [0.25, 0.3) is 0 Å². The van der Waals surface area contributed by atoms with Crippen molar-refractivity contribution in [3.8, 4) is 11.5 Å². The molecule has 0 bridgehead atoms. The van der Waals surface area contributed by atoms with Crippen LogP contribution in [0.15, 0.2) is 71.6 Å². The number of nitrogens with zero attached hydrogens (tertiary/aromatic N) is 2. The Morgan fingerprint density at radius 1 is 0.977 bits per heavy atom. The molecule has 9 nitrogen and oxygen atoms in total. The third-order valence-electron chi connectivity index (χ3n) is 7.80. The van der Waals surface area contributed by atoms with Crippen LogP contribution in [-0.4, -0.2) is 57.0 Å². The van der Waals surface area contributed by atoms with E-state index in [2.05, 4.69) is 5.32 Å². The van der Waals surface area contributed by atoms with Gasteiger partial charge in [-0.1, -0.05) is 42.7 Å². The summed E-state index contributed by atoms with van der Waals surface area (Å²) in [4.78, 5) is 28.7. The molecule has 43 heavy (non-hydrogen) atoms. The largest absolute Gasteiger partial charge is 0.486 e. The van der Waals surface area contributed by atoms with E-state index in [4.69, 9.17) is 9.47 Å². The second-order valence-corrected chi connectivity index (χ2v) is 12.8. The molecule has 0 saturated heterocycles. The van der Waals surface area contributed by atoms with Gasteiger partial charge in [0, 0.05) is 18.7 Å². The highest BCUT2D eigenvalue weighted by Crippen LogP contribution is 2.34. The van der Waals surface area contributed by atoms with E-state index in [1.807, 2.05) is 31.2 Å². The van der Waals surface area contributed by atoms with Crippen molar-refractivity contribution < 1.29 is 31.9 Å². The van der Waals surface area contributed by atoms with Crippen LogP contribution in [0.4, 0.5) is 10.1 Å². The molecule has 3 aromatic rings. The molecule has 1 aliphatic heterocycles. The predicted molar refractivity (Wildman–Crippen MR) is 160 cm³/mol. The van der Waals surface area contributed by atoms with Gasteiger partial charge in [-0.15, -0.1) is 0 Å². The number of nitrogens with one attached hydrogen (secondary N) is 1. The van der Waals surface area contributed by atoms with Gasteiger partial charge in [0.2, 0.25) is 11.8 Å². The Bertz CT molecular complexity index is 1570. The van der Waals surface area contributed by atoms with Crippen molar-refractivity contribution in [2.45, 2.75) is 63.1 Å². The Kier molecular flexibility index (Phi) is 9.19. The van der Waals surface area contributed by atoms with Gasteiger partial charge >= 0.3 is 0 Å². The van der Waals surface area contributed by atoms with E-state index in [-0.39, 0.29) is 41.4 Å². The highest BCUT2D eigenvalue weighted by Gasteiger charge is 2.34. The lowest BCUT2D eigenvalue weighted by Crippen LogP contribution is -2.52. The fourth-order valence-electron chi connectivity index (χ4n) is 5.43. The van der Waals surface area contributed by atoms with E-state index in [1.165, 1.54) is 35.2 Å². The van der Waals surface area contributed by atoms with E-state index in [0.717, 1.165) is 53.2 Å². The number of aryl methyl sites for hydroxylation is 1. The summed E-state index contributed by atoms with van der Waals surface area (Å²) in [5.41, 5.74) is 1.89. The molecule has 1 fully saturated rings. The molecular formula is C32H36FN3O6S. The monoisotopic (exact) mass is 609 g/mol. The topological polar surface area (TPSA) is 105 Å².